The summed E-state index contributed by atoms with van der Waals surface area (Å²) in [6.45, 7) is 2.47. The number of sulfonamides is 1. The number of hydrogen-bond acceptors (Lipinski definition) is 3. The Morgan fingerprint density at radius 1 is 0.966 bits per heavy atom. The molecule has 0 saturated heterocycles. The largest absolute Gasteiger partial charge is 0.352 e. The molecule has 3 aromatic rings. The Bertz CT molecular complexity index is 1100. The van der Waals surface area contributed by atoms with Gasteiger partial charge in [0, 0.05) is 16.7 Å². The van der Waals surface area contributed by atoms with Gasteiger partial charge in [0.1, 0.15) is 0 Å². The first-order chi connectivity index (χ1) is 13.8. The molecule has 0 saturated carbocycles. The van der Waals surface area contributed by atoms with Gasteiger partial charge in [-0.05, 0) is 60.0 Å². The van der Waals surface area contributed by atoms with Crippen LogP contribution in [-0.4, -0.2) is 14.3 Å². The van der Waals surface area contributed by atoms with Crippen molar-refractivity contribution >= 4 is 37.5 Å². The van der Waals surface area contributed by atoms with Gasteiger partial charge in [-0.3, -0.25) is 9.52 Å². The van der Waals surface area contributed by atoms with Crippen LogP contribution in [0.2, 0.25) is 0 Å². The van der Waals surface area contributed by atoms with Gasteiger partial charge in [0.05, 0.1) is 11.3 Å². The Hall–Kier alpha value is -2.64. The lowest BCUT2D eigenvalue weighted by Gasteiger charge is -2.10. The summed E-state index contributed by atoms with van der Waals surface area (Å²) in [6, 6.07) is 20.9. The lowest BCUT2D eigenvalue weighted by Crippen LogP contribution is -2.24. The van der Waals surface area contributed by atoms with Gasteiger partial charge >= 0.3 is 0 Å². The minimum absolute atomic E-state index is 0.0927. The molecule has 0 aliphatic carbocycles. The third kappa shape index (κ3) is 5.92. The van der Waals surface area contributed by atoms with Gasteiger partial charge in [-0.15, -0.1) is 0 Å². The molecular weight excluding hydrogens is 452 g/mol. The number of rotatable bonds is 7. The highest BCUT2D eigenvalue weighted by Gasteiger charge is 2.13. The monoisotopic (exact) mass is 472 g/mol. The smallest absolute Gasteiger partial charge is 0.261 e. The Balaban J connectivity index is 1.57. The van der Waals surface area contributed by atoms with Crippen molar-refractivity contribution in [3.05, 3.63) is 94.0 Å². The number of aryl methyl sites for hydroxylation is 1. The van der Waals surface area contributed by atoms with E-state index in [0.717, 1.165) is 21.2 Å². The second kappa shape index (κ2) is 9.24. The summed E-state index contributed by atoms with van der Waals surface area (Å²) in [5.41, 5.74) is 3.42. The average molecular weight is 473 g/mol. The van der Waals surface area contributed by atoms with Crippen LogP contribution in [0.15, 0.2) is 82.2 Å². The summed E-state index contributed by atoms with van der Waals surface area (Å²) in [5.74, 6) is -0.0927. The third-order valence-corrected chi connectivity index (χ3v) is 6.30. The standard InChI is InChI=1S/C22H21BrN2O3S/c1-16-13-19(23)10-9-18(16)15-24-22(26)14-17-7-11-20(12-8-17)25-29(27,28)21-5-3-2-4-6-21/h2-13,25H,14-15H2,1H3,(H,24,26). The SMILES string of the molecule is Cc1cc(Br)ccc1CNC(=O)Cc1ccc(NS(=O)(=O)c2ccccc2)cc1. The van der Waals surface area contributed by atoms with Crippen molar-refractivity contribution in [1.29, 1.82) is 0 Å². The zero-order chi connectivity index (χ0) is 20.9. The summed E-state index contributed by atoms with van der Waals surface area (Å²) < 4.78 is 28.3. The van der Waals surface area contributed by atoms with E-state index in [0.29, 0.717) is 12.2 Å². The molecule has 7 heteroatoms. The quantitative estimate of drug-likeness (QED) is 0.534. The number of carbonyl (C=O) groups is 1. The van der Waals surface area contributed by atoms with Crippen LogP contribution < -0.4 is 10.0 Å². The number of hydrogen-bond donors (Lipinski definition) is 2. The normalized spacial score (nSPS) is 11.1. The average Bonchev–Trinajstić information content (AvgIpc) is 2.69. The fourth-order valence-corrected chi connectivity index (χ4v) is 4.36. The molecule has 1 amide bonds. The van der Waals surface area contributed by atoms with Crippen LogP contribution in [0.5, 0.6) is 0 Å². The van der Waals surface area contributed by atoms with Gasteiger partial charge in [0.15, 0.2) is 0 Å². The van der Waals surface area contributed by atoms with Gasteiger partial charge in [-0.1, -0.05) is 52.3 Å². The number of benzene rings is 3. The first-order valence-corrected chi connectivity index (χ1v) is 11.3. The van der Waals surface area contributed by atoms with Gasteiger partial charge in [0.25, 0.3) is 10.0 Å². The van der Waals surface area contributed by atoms with Crippen LogP contribution in [0.25, 0.3) is 0 Å². The number of amides is 1. The van der Waals surface area contributed by atoms with Crippen molar-refractivity contribution in [1.82, 2.24) is 5.32 Å². The molecule has 0 aliphatic heterocycles. The molecular formula is C22H21BrN2O3S. The lowest BCUT2D eigenvalue weighted by molar-refractivity contribution is -0.120. The van der Waals surface area contributed by atoms with E-state index in [1.807, 2.05) is 25.1 Å². The van der Waals surface area contributed by atoms with E-state index in [2.05, 4.69) is 26.0 Å². The second-order valence-corrected chi connectivity index (χ2v) is 9.24. The molecule has 150 valence electrons. The van der Waals surface area contributed by atoms with Crippen molar-refractivity contribution < 1.29 is 13.2 Å². The van der Waals surface area contributed by atoms with Crippen molar-refractivity contribution in [3.8, 4) is 0 Å². The summed E-state index contributed by atoms with van der Waals surface area (Å²) in [7, 11) is -3.63. The van der Waals surface area contributed by atoms with Crippen molar-refractivity contribution in [3.63, 3.8) is 0 Å². The molecule has 0 heterocycles. The van der Waals surface area contributed by atoms with E-state index in [1.165, 1.54) is 12.1 Å². The van der Waals surface area contributed by atoms with E-state index in [1.54, 1.807) is 42.5 Å². The molecule has 0 unspecified atom stereocenters. The maximum atomic E-state index is 12.4. The van der Waals surface area contributed by atoms with Gasteiger partial charge in [0.2, 0.25) is 5.91 Å². The molecule has 0 radical (unpaired) electrons. The first-order valence-electron chi connectivity index (χ1n) is 9.02. The molecule has 0 atom stereocenters. The van der Waals surface area contributed by atoms with E-state index >= 15 is 0 Å². The fourth-order valence-electron chi connectivity index (χ4n) is 2.80. The minimum Gasteiger partial charge on any atom is -0.352 e. The number of nitrogens with one attached hydrogen (secondary N) is 2. The zero-order valence-corrected chi connectivity index (χ0v) is 18.3. The Morgan fingerprint density at radius 2 is 1.66 bits per heavy atom. The summed E-state index contributed by atoms with van der Waals surface area (Å²) in [4.78, 5) is 12.4. The summed E-state index contributed by atoms with van der Waals surface area (Å²) >= 11 is 3.43. The Morgan fingerprint density at radius 3 is 2.31 bits per heavy atom. The van der Waals surface area contributed by atoms with E-state index in [9.17, 15) is 13.2 Å². The maximum absolute atomic E-state index is 12.4. The van der Waals surface area contributed by atoms with Crippen LogP contribution in [0.4, 0.5) is 5.69 Å². The Labute approximate surface area is 179 Å². The Kier molecular flexibility index (Phi) is 6.71. The van der Waals surface area contributed by atoms with Crippen LogP contribution in [0, 0.1) is 6.92 Å². The molecule has 0 aliphatic rings. The van der Waals surface area contributed by atoms with Gasteiger partial charge < -0.3 is 5.32 Å². The molecule has 2 N–H and O–H groups in total. The van der Waals surface area contributed by atoms with Crippen LogP contribution in [0.1, 0.15) is 16.7 Å². The van der Waals surface area contributed by atoms with Crippen molar-refractivity contribution in [2.45, 2.75) is 24.8 Å². The predicted octanol–water partition coefficient (Wildman–Crippen LogP) is 4.42. The minimum atomic E-state index is -3.63. The highest BCUT2D eigenvalue weighted by molar-refractivity contribution is 9.10. The lowest BCUT2D eigenvalue weighted by atomic mass is 10.1. The fraction of sp³-hybridized carbons (Fsp3) is 0.136. The maximum Gasteiger partial charge on any atom is 0.261 e. The highest BCUT2D eigenvalue weighted by Crippen LogP contribution is 2.17. The predicted molar refractivity (Wildman–Crippen MR) is 118 cm³/mol. The van der Waals surface area contributed by atoms with Gasteiger partial charge in [-0.2, -0.15) is 0 Å². The molecule has 0 spiro atoms. The van der Waals surface area contributed by atoms with Crippen LogP contribution in [0.3, 0.4) is 0 Å². The summed E-state index contributed by atoms with van der Waals surface area (Å²) in [6.07, 6.45) is 0.224. The van der Waals surface area contributed by atoms with Crippen molar-refractivity contribution in [2.24, 2.45) is 0 Å². The molecule has 0 bridgehead atoms. The molecule has 0 fully saturated rings. The zero-order valence-electron chi connectivity index (χ0n) is 15.9. The molecule has 29 heavy (non-hydrogen) atoms. The molecule has 0 aromatic heterocycles. The van der Waals surface area contributed by atoms with E-state index in [-0.39, 0.29) is 17.2 Å². The number of anilines is 1. The van der Waals surface area contributed by atoms with Crippen LogP contribution >= 0.6 is 15.9 Å². The number of carbonyl (C=O) groups excluding carboxylic acids is 1. The third-order valence-electron chi connectivity index (χ3n) is 4.40. The second-order valence-electron chi connectivity index (χ2n) is 6.64. The van der Waals surface area contributed by atoms with E-state index < -0.39 is 10.0 Å². The summed E-state index contributed by atoms with van der Waals surface area (Å²) in [5, 5.41) is 2.92. The van der Waals surface area contributed by atoms with Crippen molar-refractivity contribution in [2.75, 3.05) is 4.72 Å². The van der Waals surface area contributed by atoms with E-state index in [4.69, 9.17) is 0 Å². The number of halogens is 1. The first kappa shape index (κ1) is 21.1. The van der Waals surface area contributed by atoms with Gasteiger partial charge in [-0.25, -0.2) is 8.42 Å². The van der Waals surface area contributed by atoms with Crippen LogP contribution in [-0.2, 0) is 27.8 Å². The molecule has 3 aromatic carbocycles. The molecule has 3 rings (SSSR count). The highest BCUT2D eigenvalue weighted by atomic mass is 79.9. The molecule has 5 nitrogen and oxygen atoms in total. The topological polar surface area (TPSA) is 75.3 Å².